The fraction of sp³-hybridized carbons (Fsp3) is 0.423. The monoisotopic (exact) mass is 914 g/mol. The zero-order valence-electron chi connectivity index (χ0n) is 39.0. The Morgan fingerprint density at radius 3 is 2.24 bits per heavy atom. The van der Waals surface area contributed by atoms with E-state index in [9.17, 15) is 24.3 Å². The Labute approximate surface area is 389 Å². The molecule has 0 radical (unpaired) electrons. The van der Waals surface area contributed by atoms with Gasteiger partial charge in [-0.25, -0.2) is 4.79 Å². The summed E-state index contributed by atoms with van der Waals surface area (Å²) >= 11 is 0. The van der Waals surface area contributed by atoms with E-state index in [2.05, 4.69) is 59.7 Å². The molecule has 0 saturated carbocycles. The van der Waals surface area contributed by atoms with Gasteiger partial charge in [0.1, 0.15) is 11.9 Å². The van der Waals surface area contributed by atoms with Gasteiger partial charge in [0, 0.05) is 81.4 Å². The molecule has 5 aromatic rings. The number of nitrogens with zero attached hydrogens (tertiary/aromatic N) is 2. The SMILES string of the molecule is CC(C)(C)[Si](C)(C)O[C@@H](CNCc1ccc(NC(=O)CC2CCN(C(=O)CCN3CCC(OC(=O)Nc4ccccc4-c4ccccc4)CC3)CC2)cc1)c1ccc(O)c2[nH]c(=O)ccc12. The second-order valence-corrected chi connectivity index (χ2v) is 24.0. The molecule has 0 unspecified atom stereocenters. The maximum Gasteiger partial charge on any atom is 0.411 e. The van der Waals surface area contributed by atoms with Gasteiger partial charge in [0.2, 0.25) is 17.4 Å². The van der Waals surface area contributed by atoms with Gasteiger partial charge in [0.25, 0.3) is 0 Å². The molecule has 2 saturated heterocycles. The average Bonchev–Trinajstić information content (AvgIpc) is 3.29. The van der Waals surface area contributed by atoms with Crippen LogP contribution in [0, 0.1) is 5.92 Å². The smallest absolute Gasteiger partial charge is 0.411 e. The number of phenols is 1. The van der Waals surface area contributed by atoms with Crippen molar-refractivity contribution >= 4 is 48.5 Å². The van der Waals surface area contributed by atoms with Crippen molar-refractivity contribution < 1.29 is 28.7 Å². The van der Waals surface area contributed by atoms with E-state index in [1.807, 2.05) is 89.8 Å². The number of carbonyl (C=O) groups is 3. The molecule has 3 heterocycles. The number of hydrogen-bond acceptors (Lipinski definition) is 9. The fourth-order valence-electron chi connectivity index (χ4n) is 8.62. The molecule has 2 aliphatic rings. The minimum absolute atomic E-state index is 0.0186. The first-order valence-corrected chi connectivity index (χ1v) is 26.3. The van der Waals surface area contributed by atoms with Crippen molar-refractivity contribution in [3.63, 3.8) is 0 Å². The second-order valence-electron chi connectivity index (χ2n) is 19.3. The summed E-state index contributed by atoms with van der Waals surface area (Å²) in [7, 11) is -2.22. The molecule has 0 aliphatic carbocycles. The molecule has 0 spiro atoms. The van der Waals surface area contributed by atoms with Crippen LogP contribution in [0.1, 0.15) is 76.5 Å². The van der Waals surface area contributed by atoms with Gasteiger partial charge >= 0.3 is 6.09 Å². The summed E-state index contributed by atoms with van der Waals surface area (Å²) in [5.41, 5.74) is 5.48. The van der Waals surface area contributed by atoms with E-state index in [1.165, 1.54) is 6.07 Å². The third-order valence-corrected chi connectivity index (χ3v) is 18.0. The van der Waals surface area contributed by atoms with Gasteiger partial charge in [-0.2, -0.15) is 0 Å². The number of aromatic nitrogens is 1. The number of benzene rings is 4. The summed E-state index contributed by atoms with van der Waals surface area (Å²) in [4.78, 5) is 58.2. The van der Waals surface area contributed by atoms with Crippen LogP contribution in [0.5, 0.6) is 5.75 Å². The van der Waals surface area contributed by atoms with Gasteiger partial charge in [0.05, 0.1) is 17.3 Å². The van der Waals surface area contributed by atoms with Gasteiger partial charge in [0.15, 0.2) is 8.32 Å². The average molecular weight is 915 g/mol. The number of nitrogens with one attached hydrogen (secondary N) is 4. The molecule has 4 aromatic carbocycles. The molecule has 7 rings (SSSR count). The number of amides is 3. The lowest BCUT2D eigenvalue weighted by atomic mass is 9.93. The highest BCUT2D eigenvalue weighted by Crippen LogP contribution is 2.41. The van der Waals surface area contributed by atoms with Crippen LogP contribution in [-0.2, 0) is 25.3 Å². The molecule has 2 fully saturated rings. The number of rotatable bonds is 16. The van der Waals surface area contributed by atoms with Crippen molar-refractivity contribution in [1.29, 1.82) is 0 Å². The minimum Gasteiger partial charge on any atom is -0.506 e. The maximum atomic E-state index is 13.2. The molecule has 66 heavy (non-hydrogen) atoms. The van der Waals surface area contributed by atoms with Crippen molar-refractivity contribution in [2.45, 2.75) is 96.2 Å². The van der Waals surface area contributed by atoms with Crippen molar-refractivity contribution in [3.8, 4) is 16.9 Å². The topological polar surface area (TPSA) is 165 Å². The molecule has 0 bridgehead atoms. The number of pyridine rings is 1. The number of likely N-dealkylation sites (tertiary alicyclic amines) is 2. The quantitative estimate of drug-likeness (QED) is 0.0607. The summed E-state index contributed by atoms with van der Waals surface area (Å²) in [5, 5.41) is 20.8. The van der Waals surface area contributed by atoms with Gasteiger partial charge in [-0.3, -0.25) is 19.7 Å². The lowest BCUT2D eigenvalue weighted by Gasteiger charge is -2.39. The number of hydrogen-bond donors (Lipinski definition) is 5. The van der Waals surface area contributed by atoms with Gasteiger partial charge < -0.3 is 39.7 Å². The molecule has 14 heteroatoms. The third-order valence-electron chi connectivity index (χ3n) is 13.5. The standard InChI is InChI=1S/C52H66N6O7Si/c1-52(2,3)66(4,5)65-46(42-19-21-45(59)50-43(42)20-22-47(60)56-50)35-53-34-37-15-17-39(18-16-37)54-48(61)33-36-23-31-58(32-24-36)49(62)27-30-57-28-25-40(26-29-57)64-51(63)55-44-14-10-9-13-41(44)38-11-7-6-8-12-38/h6-22,36,40,46,53,59H,23-35H2,1-5H3,(H,54,61)(H,55,63)(H,56,60)/t46-/m0/s1. The van der Waals surface area contributed by atoms with Gasteiger partial charge in [-0.1, -0.05) is 87.5 Å². The molecular weight excluding hydrogens is 849 g/mol. The number of para-hydroxylation sites is 1. The van der Waals surface area contributed by atoms with Crippen molar-refractivity contribution in [2.75, 3.05) is 49.9 Å². The van der Waals surface area contributed by atoms with Crippen LogP contribution in [0.2, 0.25) is 18.1 Å². The van der Waals surface area contributed by atoms with E-state index in [0.29, 0.717) is 56.8 Å². The number of anilines is 2. The Hall–Kier alpha value is -5.80. The van der Waals surface area contributed by atoms with Crippen molar-refractivity contribution in [1.82, 2.24) is 20.1 Å². The van der Waals surface area contributed by atoms with Crippen LogP contribution in [0.25, 0.3) is 22.0 Å². The Morgan fingerprint density at radius 2 is 1.53 bits per heavy atom. The summed E-state index contributed by atoms with van der Waals surface area (Å²) < 4.78 is 12.7. The molecule has 1 atom stereocenters. The fourth-order valence-corrected chi connectivity index (χ4v) is 9.89. The third kappa shape index (κ3) is 12.8. The van der Waals surface area contributed by atoms with E-state index in [4.69, 9.17) is 9.16 Å². The lowest BCUT2D eigenvalue weighted by molar-refractivity contribution is -0.133. The Kier molecular flexibility index (Phi) is 15.8. The first-order valence-electron chi connectivity index (χ1n) is 23.4. The highest BCUT2D eigenvalue weighted by Gasteiger charge is 2.40. The Morgan fingerprint density at radius 1 is 0.833 bits per heavy atom. The number of phenolic OH excluding ortho intramolecular Hbond substituents is 1. The predicted molar refractivity (Wildman–Crippen MR) is 264 cm³/mol. The largest absolute Gasteiger partial charge is 0.506 e. The van der Waals surface area contributed by atoms with Crippen LogP contribution >= 0.6 is 0 Å². The van der Waals surface area contributed by atoms with Gasteiger partial charge in [-0.05, 0) is 96.8 Å². The number of fused-ring (bicyclic) bond motifs is 1. The number of aromatic hydroxyl groups is 1. The molecule has 3 amide bonds. The second kappa shape index (κ2) is 21.7. The number of ether oxygens (including phenoxy) is 1. The zero-order valence-corrected chi connectivity index (χ0v) is 40.0. The van der Waals surface area contributed by atoms with Crippen LogP contribution in [0.3, 0.4) is 0 Å². The minimum atomic E-state index is -2.22. The molecule has 5 N–H and O–H groups in total. The van der Waals surface area contributed by atoms with Crippen LogP contribution < -0.4 is 21.5 Å². The number of H-pyrrole nitrogens is 1. The van der Waals surface area contributed by atoms with Crippen LogP contribution in [0.4, 0.5) is 16.2 Å². The van der Waals surface area contributed by atoms with Crippen molar-refractivity contribution in [3.05, 3.63) is 125 Å². The molecule has 350 valence electrons. The van der Waals surface area contributed by atoms with E-state index in [1.54, 1.807) is 12.1 Å². The summed E-state index contributed by atoms with van der Waals surface area (Å²) in [6, 6.07) is 32.2. The number of aromatic amines is 1. The van der Waals surface area contributed by atoms with Crippen LogP contribution in [0.15, 0.2) is 108 Å². The molecular formula is C52H66N6O7Si. The zero-order chi connectivity index (χ0) is 46.8. The number of piperidine rings is 2. The molecule has 2 aliphatic heterocycles. The predicted octanol–water partition coefficient (Wildman–Crippen LogP) is 9.42. The first-order chi connectivity index (χ1) is 31.6. The first kappa shape index (κ1) is 48.1. The van der Waals surface area contributed by atoms with Crippen molar-refractivity contribution in [2.24, 2.45) is 5.92 Å². The van der Waals surface area contributed by atoms with E-state index in [0.717, 1.165) is 72.1 Å². The normalized spacial score (nSPS) is 15.9. The summed E-state index contributed by atoms with van der Waals surface area (Å²) in [6.07, 6.45) is 2.94. The van der Waals surface area contributed by atoms with E-state index < -0.39 is 14.4 Å². The Bertz CT molecular complexity index is 2490. The highest BCUT2D eigenvalue weighted by atomic mass is 28.4. The maximum absolute atomic E-state index is 13.2. The lowest BCUT2D eigenvalue weighted by Crippen LogP contribution is -2.43. The van der Waals surface area contributed by atoms with E-state index in [-0.39, 0.29) is 46.3 Å². The summed E-state index contributed by atoms with van der Waals surface area (Å²) in [5.74, 6) is 0.353. The van der Waals surface area contributed by atoms with Crippen LogP contribution in [-0.4, -0.2) is 91.5 Å². The summed E-state index contributed by atoms with van der Waals surface area (Å²) in [6.45, 7) is 15.6. The molecule has 1 aromatic heterocycles. The van der Waals surface area contributed by atoms with Gasteiger partial charge in [-0.15, -0.1) is 0 Å². The molecule has 13 nitrogen and oxygen atoms in total. The number of carbonyl (C=O) groups excluding carboxylic acids is 3. The Balaban J connectivity index is 0.798. The highest BCUT2D eigenvalue weighted by molar-refractivity contribution is 6.74. The van der Waals surface area contributed by atoms with E-state index >= 15 is 0 Å².